The molecule has 2 aliphatic heterocycles. The molecule has 9 nitrogen and oxygen atoms in total. The Bertz CT molecular complexity index is 925. The summed E-state index contributed by atoms with van der Waals surface area (Å²) in [6.45, 7) is 6.29. The van der Waals surface area contributed by atoms with Crippen molar-refractivity contribution in [3.63, 3.8) is 0 Å². The number of nitrogens with zero attached hydrogens (tertiary/aromatic N) is 5. The SMILES string of the molecule is CC.O=C(O)CCN1CCN(CCCc2ccc3c(n2)NC2(CCC3)CC2)C1=O.c1cncnc1. The molecule has 2 fully saturated rings. The average molecular weight is 483 g/mol. The number of anilines is 1. The first-order chi connectivity index (χ1) is 17.0. The van der Waals surface area contributed by atoms with Crippen molar-refractivity contribution in [2.24, 2.45) is 0 Å². The van der Waals surface area contributed by atoms with Gasteiger partial charge in [-0.15, -0.1) is 0 Å². The van der Waals surface area contributed by atoms with Gasteiger partial charge in [0, 0.05) is 49.8 Å². The summed E-state index contributed by atoms with van der Waals surface area (Å²) in [4.78, 5) is 38.6. The topological polar surface area (TPSA) is 112 Å². The van der Waals surface area contributed by atoms with Crippen molar-refractivity contribution in [3.05, 3.63) is 48.2 Å². The van der Waals surface area contributed by atoms with Crippen molar-refractivity contribution in [1.82, 2.24) is 24.8 Å². The first kappa shape index (κ1) is 26.4. The Labute approximate surface area is 208 Å². The molecule has 0 radical (unpaired) electrons. The summed E-state index contributed by atoms with van der Waals surface area (Å²) in [5.41, 5.74) is 2.72. The molecule has 1 saturated carbocycles. The minimum atomic E-state index is -0.864. The van der Waals surface area contributed by atoms with Gasteiger partial charge in [0.1, 0.15) is 12.1 Å². The van der Waals surface area contributed by atoms with Crippen LogP contribution in [0.4, 0.5) is 10.6 Å². The molecular formula is C26H38N6O3. The Morgan fingerprint density at radius 2 is 1.80 bits per heavy atom. The molecule has 1 spiro atoms. The average Bonchev–Trinajstić information content (AvgIpc) is 3.60. The van der Waals surface area contributed by atoms with E-state index in [2.05, 4.69) is 27.4 Å². The van der Waals surface area contributed by atoms with Gasteiger partial charge in [-0.2, -0.15) is 0 Å². The molecule has 3 aliphatic rings. The molecule has 0 bridgehead atoms. The van der Waals surface area contributed by atoms with E-state index in [-0.39, 0.29) is 12.5 Å². The fourth-order valence-corrected chi connectivity index (χ4v) is 4.42. The van der Waals surface area contributed by atoms with Gasteiger partial charge in [-0.1, -0.05) is 19.9 Å². The Hall–Kier alpha value is -3.23. The third kappa shape index (κ3) is 7.90. The summed E-state index contributed by atoms with van der Waals surface area (Å²) in [7, 11) is 0. The zero-order chi connectivity index (χ0) is 25.1. The molecule has 1 saturated heterocycles. The van der Waals surface area contributed by atoms with Gasteiger partial charge in [0.2, 0.25) is 0 Å². The van der Waals surface area contributed by atoms with E-state index < -0.39 is 5.97 Å². The predicted octanol–water partition coefficient (Wildman–Crippen LogP) is 4.01. The van der Waals surface area contributed by atoms with Crippen LogP contribution in [0.25, 0.3) is 0 Å². The predicted molar refractivity (Wildman–Crippen MR) is 135 cm³/mol. The number of aliphatic carboxylic acids is 1. The number of carboxylic acid groups (broad SMARTS) is 1. The molecule has 5 rings (SSSR count). The number of aryl methyl sites for hydroxylation is 2. The minimum Gasteiger partial charge on any atom is -0.481 e. The van der Waals surface area contributed by atoms with Crippen LogP contribution < -0.4 is 5.32 Å². The van der Waals surface area contributed by atoms with E-state index in [1.165, 1.54) is 37.6 Å². The van der Waals surface area contributed by atoms with Crippen LogP contribution in [0.2, 0.25) is 0 Å². The first-order valence-electron chi connectivity index (χ1n) is 12.8. The highest BCUT2D eigenvalue weighted by atomic mass is 16.4. The van der Waals surface area contributed by atoms with E-state index in [0.29, 0.717) is 31.7 Å². The van der Waals surface area contributed by atoms with E-state index in [1.807, 2.05) is 18.7 Å². The number of hydrogen-bond donors (Lipinski definition) is 2. The van der Waals surface area contributed by atoms with Crippen molar-refractivity contribution < 1.29 is 14.7 Å². The van der Waals surface area contributed by atoms with E-state index >= 15 is 0 Å². The molecule has 2 aromatic rings. The van der Waals surface area contributed by atoms with Gasteiger partial charge >= 0.3 is 12.0 Å². The number of pyridine rings is 1. The maximum absolute atomic E-state index is 12.3. The van der Waals surface area contributed by atoms with E-state index in [1.54, 1.807) is 23.4 Å². The number of carbonyl (C=O) groups is 2. The molecular weight excluding hydrogens is 444 g/mol. The zero-order valence-corrected chi connectivity index (χ0v) is 20.9. The maximum Gasteiger partial charge on any atom is 0.320 e. The normalized spacial score (nSPS) is 17.3. The summed E-state index contributed by atoms with van der Waals surface area (Å²) in [6, 6.07) is 6.07. The highest BCUT2D eigenvalue weighted by Gasteiger charge is 2.43. The molecule has 4 heterocycles. The summed E-state index contributed by atoms with van der Waals surface area (Å²) >= 11 is 0. The zero-order valence-electron chi connectivity index (χ0n) is 20.9. The molecule has 1 aliphatic carbocycles. The number of urea groups is 1. The number of aromatic nitrogens is 3. The Kier molecular flexibility index (Phi) is 9.81. The molecule has 2 N–H and O–H groups in total. The number of amides is 2. The van der Waals surface area contributed by atoms with E-state index in [0.717, 1.165) is 30.8 Å². The number of hydrogen-bond acceptors (Lipinski definition) is 6. The van der Waals surface area contributed by atoms with Gasteiger partial charge in [0.15, 0.2) is 0 Å². The lowest BCUT2D eigenvalue weighted by atomic mass is 10.1. The Morgan fingerprint density at radius 1 is 1.09 bits per heavy atom. The maximum atomic E-state index is 12.3. The summed E-state index contributed by atoms with van der Waals surface area (Å²) < 4.78 is 0. The highest BCUT2D eigenvalue weighted by Crippen LogP contribution is 2.45. The number of fused-ring (bicyclic) bond motifs is 1. The summed E-state index contributed by atoms with van der Waals surface area (Å²) in [6.07, 6.45) is 12.7. The van der Waals surface area contributed by atoms with Gasteiger partial charge in [-0.05, 0) is 62.6 Å². The lowest BCUT2D eigenvalue weighted by Gasteiger charge is -2.18. The summed E-state index contributed by atoms with van der Waals surface area (Å²) in [5.74, 6) is 0.205. The van der Waals surface area contributed by atoms with Crippen LogP contribution >= 0.6 is 0 Å². The van der Waals surface area contributed by atoms with Crippen molar-refractivity contribution >= 4 is 17.8 Å². The van der Waals surface area contributed by atoms with Crippen molar-refractivity contribution in [2.75, 3.05) is 31.5 Å². The van der Waals surface area contributed by atoms with Crippen LogP contribution in [-0.2, 0) is 17.6 Å². The van der Waals surface area contributed by atoms with Crippen LogP contribution in [0.15, 0.2) is 36.9 Å². The fraction of sp³-hybridized carbons (Fsp3) is 0.577. The quantitative estimate of drug-likeness (QED) is 0.613. The van der Waals surface area contributed by atoms with Gasteiger partial charge in [-0.3, -0.25) is 4.79 Å². The standard InChI is InChI=1S/C20H28N4O3.C4H4N2.C2H6/c25-17(26)7-12-24-14-13-23(19(24)27)11-2-4-16-6-5-15-3-1-8-20(9-10-20)22-18(15)21-16;1-2-5-4-6-3-1;1-2/h5-6H,1-4,7-14H2,(H,21,22)(H,25,26);1-4H;1-2H3. The van der Waals surface area contributed by atoms with E-state index in [9.17, 15) is 9.59 Å². The smallest absolute Gasteiger partial charge is 0.320 e. The lowest BCUT2D eigenvalue weighted by molar-refractivity contribution is -0.137. The van der Waals surface area contributed by atoms with Gasteiger partial charge < -0.3 is 20.2 Å². The largest absolute Gasteiger partial charge is 0.481 e. The Balaban J connectivity index is 0.000000369. The van der Waals surface area contributed by atoms with Crippen LogP contribution in [0.3, 0.4) is 0 Å². The van der Waals surface area contributed by atoms with Crippen LogP contribution in [0.1, 0.15) is 63.6 Å². The fourth-order valence-electron chi connectivity index (χ4n) is 4.42. The number of carbonyl (C=O) groups excluding carboxylic acids is 1. The molecule has 35 heavy (non-hydrogen) atoms. The van der Waals surface area contributed by atoms with Gasteiger partial charge in [0.05, 0.1) is 6.42 Å². The third-order valence-electron chi connectivity index (χ3n) is 6.49. The minimum absolute atomic E-state index is 0.00706. The van der Waals surface area contributed by atoms with Crippen molar-refractivity contribution in [3.8, 4) is 0 Å². The molecule has 190 valence electrons. The van der Waals surface area contributed by atoms with Gasteiger partial charge in [0.25, 0.3) is 0 Å². The molecule has 0 unspecified atom stereocenters. The van der Waals surface area contributed by atoms with Crippen molar-refractivity contribution in [2.45, 2.75) is 70.8 Å². The first-order valence-corrected chi connectivity index (χ1v) is 12.8. The van der Waals surface area contributed by atoms with Gasteiger partial charge in [-0.25, -0.2) is 19.7 Å². The van der Waals surface area contributed by atoms with Crippen molar-refractivity contribution in [1.29, 1.82) is 0 Å². The second-order valence-corrected chi connectivity index (χ2v) is 8.98. The lowest BCUT2D eigenvalue weighted by Crippen LogP contribution is -2.33. The van der Waals surface area contributed by atoms with Crippen LogP contribution in [-0.4, -0.2) is 73.6 Å². The number of rotatable bonds is 7. The number of nitrogens with one attached hydrogen (secondary N) is 1. The molecule has 2 amide bonds. The number of carboxylic acids is 1. The highest BCUT2D eigenvalue weighted by molar-refractivity contribution is 5.77. The third-order valence-corrected chi connectivity index (χ3v) is 6.49. The second kappa shape index (κ2) is 13.0. The van der Waals surface area contributed by atoms with Crippen LogP contribution in [0.5, 0.6) is 0 Å². The monoisotopic (exact) mass is 482 g/mol. The second-order valence-electron chi connectivity index (χ2n) is 8.98. The molecule has 0 atom stereocenters. The Morgan fingerprint density at radius 3 is 2.40 bits per heavy atom. The van der Waals surface area contributed by atoms with E-state index in [4.69, 9.17) is 10.1 Å². The molecule has 0 aromatic carbocycles. The molecule has 2 aromatic heterocycles. The van der Waals surface area contributed by atoms with Crippen LogP contribution in [0, 0.1) is 0 Å². The molecule has 9 heteroatoms. The summed E-state index contributed by atoms with van der Waals surface area (Å²) in [5, 5.41) is 12.5.